The fourth-order valence-electron chi connectivity index (χ4n) is 5.20. The second-order valence-electron chi connectivity index (χ2n) is 10.3. The SMILES string of the molecule is CCC(C)(C)C1CCC2(CC1)NC(=O)N(CC(=O)N(Cc1ccccc1)Cc1ccco1)C2=O. The lowest BCUT2D eigenvalue weighted by Gasteiger charge is -2.42. The Labute approximate surface area is 201 Å². The summed E-state index contributed by atoms with van der Waals surface area (Å²) in [5, 5.41) is 2.95. The van der Waals surface area contributed by atoms with Crippen molar-refractivity contribution in [3.05, 3.63) is 60.1 Å². The topological polar surface area (TPSA) is 82.9 Å². The maximum Gasteiger partial charge on any atom is 0.325 e. The Bertz CT molecular complexity index is 1010. The van der Waals surface area contributed by atoms with Crippen LogP contribution in [0, 0.1) is 11.3 Å². The van der Waals surface area contributed by atoms with Gasteiger partial charge in [-0.1, -0.05) is 57.5 Å². The summed E-state index contributed by atoms with van der Waals surface area (Å²) in [6, 6.07) is 12.8. The van der Waals surface area contributed by atoms with Crippen LogP contribution in [-0.2, 0) is 22.7 Å². The predicted octanol–water partition coefficient (Wildman–Crippen LogP) is 4.73. The van der Waals surface area contributed by atoms with Gasteiger partial charge in [0.25, 0.3) is 5.91 Å². The highest BCUT2D eigenvalue weighted by Crippen LogP contribution is 2.45. The third kappa shape index (κ3) is 4.88. The quantitative estimate of drug-likeness (QED) is 0.572. The van der Waals surface area contributed by atoms with Crippen LogP contribution in [0.25, 0.3) is 0 Å². The van der Waals surface area contributed by atoms with Gasteiger partial charge in [0.05, 0.1) is 12.8 Å². The van der Waals surface area contributed by atoms with Gasteiger partial charge in [0.2, 0.25) is 5.91 Å². The maximum atomic E-state index is 13.4. The molecule has 1 aliphatic heterocycles. The molecule has 0 unspecified atom stereocenters. The fraction of sp³-hybridized carbons (Fsp3) is 0.519. The summed E-state index contributed by atoms with van der Waals surface area (Å²) >= 11 is 0. The average Bonchev–Trinajstić information content (AvgIpc) is 3.42. The van der Waals surface area contributed by atoms with Crippen molar-refractivity contribution in [1.82, 2.24) is 15.1 Å². The van der Waals surface area contributed by atoms with Crippen molar-refractivity contribution < 1.29 is 18.8 Å². The molecule has 0 bridgehead atoms. The lowest BCUT2D eigenvalue weighted by atomic mass is 9.65. The molecule has 1 saturated carbocycles. The number of furan rings is 1. The molecule has 1 N–H and O–H groups in total. The van der Waals surface area contributed by atoms with Crippen molar-refractivity contribution in [3.8, 4) is 0 Å². The zero-order chi connectivity index (χ0) is 24.3. The van der Waals surface area contributed by atoms with E-state index in [9.17, 15) is 14.4 Å². The first-order valence-corrected chi connectivity index (χ1v) is 12.2. The number of hydrogen-bond acceptors (Lipinski definition) is 4. The van der Waals surface area contributed by atoms with Crippen molar-refractivity contribution >= 4 is 17.8 Å². The molecule has 0 radical (unpaired) electrons. The minimum atomic E-state index is -0.872. The van der Waals surface area contributed by atoms with Crippen molar-refractivity contribution in [3.63, 3.8) is 0 Å². The standard InChI is InChI=1S/C27H35N3O4/c1-4-26(2,3)21-12-14-27(15-13-21)24(32)30(25(33)28-27)19-23(31)29(18-22-11-8-16-34-22)17-20-9-6-5-7-10-20/h5-11,16,21H,4,12-15,17-19H2,1-3H3,(H,28,33). The van der Waals surface area contributed by atoms with E-state index in [4.69, 9.17) is 4.42 Å². The van der Waals surface area contributed by atoms with Crippen LogP contribution in [0.15, 0.2) is 53.1 Å². The molecule has 0 atom stereocenters. The predicted molar refractivity (Wildman–Crippen MR) is 128 cm³/mol. The van der Waals surface area contributed by atoms with E-state index in [2.05, 4.69) is 26.1 Å². The Morgan fingerprint density at radius 3 is 2.44 bits per heavy atom. The van der Waals surface area contributed by atoms with E-state index in [1.807, 2.05) is 36.4 Å². The molecule has 34 heavy (non-hydrogen) atoms. The molecule has 2 aromatic rings. The minimum absolute atomic E-state index is 0.215. The van der Waals surface area contributed by atoms with E-state index < -0.39 is 11.6 Å². The van der Waals surface area contributed by atoms with Gasteiger partial charge in [-0.25, -0.2) is 4.79 Å². The van der Waals surface area contributed by atoms with Crippen LogP contribution >= 0.6 is 0 Å². The molecular formula is C27H35N3O4. The molecule has 4 amide bonds. The fourth-order valence-corrected chi connectivity index (χ4v) is 5.20. The largest absolute Gasteiger partial charge is 0.467 e. The molecule has 2 heterocycles. The summed E-state index contributed by atoms with van der Waals surface area (Å²) in [5.41, 5.74) is 0.309. The van der Waals surface area contributed by atoms with E-state index in [-0.39, 0.29) is 30.3 Å². The van der Waals surface area contributed by atoms with Crippen molar-refractivity contribution in [2.45, 2.75) is 71.5 Å². The molecule has 1 aliphatic carbocycles. The Morgan fingerprint density at radius 1 is 1.12 bits per heavy atom. The van der Waals surface area contributed by atoms with Crippen LogP contribution in [0.4, 0.5) is 4.79 Å². The van der Waals surface area contributed by atoms with E-state index in [1.54, 1.807) is 17.2 Å². The number of nitrogens with zero attached hydrogens (tertiary/aromatic N) is 2. The van der Waals surface area contributed by atoms with E-state index >= 15 is 0 Å². The second kappa shape index (κ2) is 9.65. The van der Waals surface area contributed by atoms with Gasteiger partial charge in [0, 0.05) is 6.54 Å². The number of urea groups is 1. The van der Waals surface area contributed by atoms with Crippen LogP contribution in [0.2, 0.25) is 0 Å². The smallest absolute Gasteiger partial charge is 0.325 e. The molecule has 1 aromatic heterocycles. The number of hydrogen-bond donors (Lipinski definition) is 1. The van der Waals surface area contributed by atoms with Crippen LogP contribution < -0.4 is 5.32 Å². The summed E-state index contributed by atoms with van der Waals surface area (Å²) in [7, 11) is 0. The van der Waals surface area contributed by atoms with Crippen molar-refractivity contribution in [1.29, 1.82) is 0 Å². The number of imide groups is 1. The molecular weight excluding hydrogens is 430 g/mol. The first-order chi connectivity index (χ1) is 16.2. The molecule has 7 heteroatoms. The van der Waals surface area contributed by atoms with Gasteiger partial charge >= 0.3 is 6.03 Å². The van der Waals surface area contributed by atoms with E-state index in [0.29, 0.717) is 31.1 Å². The summed E-state index contributed by atoms with van der Waals surface area (Å²) < 4.78 is 5.45. The molecule has 2 fully saturated rings. The minimum Gasteiger partial charge on any atom is -0.467 e. The molecule has 1 saturated heterocycles. The number of rotatable bonds is 8. The number of carbonyl (C=O) groups is 3. The zero-order valence-corrected chi connectivity index (χ0v) is 20.4. The molecule has 1 spiro atoms. The lowest BCUT2D eigenvalue weighted by Crippen LogP contribution is -2.51. The van der Waals surface area contributed by atoms with Gasteiger partial charge < -0.3 is 14.6 Å². The number of nitrogens with one attached hydrogen (secondary N) is 1. The summed E-state index contributed by atoms with van der Waals surface area (Å²) in [4.78, 5) is 42.3. The van der Waals surface area contributed by atoms with Crippen LogP contribution in [0.1, 0.15) is 64.2 Å². The molecule has 182 valence electrons. The lowest BCUT2D eigenvalue weighted by molar-refractivity contribution is -0.140. The first-order valence-electron chi connectivity index (χ1n) is 12.2. The van der Waals surface area contributed by atoms with Gasteiger partial charge in [0.1, 0.15) is 17.8 Å². The molecule has 7 nitrogen and oxygen atoms in total. The third-order valence-electron chi connectivity index (χ3n) is 7.89. The summed E-state index contributed by atoms with van der Waals surface area (Å²) in [5.74, 6) is 0.617. The third-order valence-corrected chi connectivity index (χ3v) is 7.89. The van der Waals surface area contributed by atoms with Gasteiger partial charge in [-0.15, -0.1) is 0 Å². The van der Waals surface area contributed by atoms with Gasteiger partial charge in [-0.2, -0.15) is 0 Å². The highest BCUT2D eigenvalue weighted by molar-refractivity contribution is 6.09. The normalized spacial score (nSPS) is 22.8. The van der Waals surface area contributed by atoms with Crippen LogP contribution in [0.3, 0.4) is 0 Å². The number of benzene rings is 1. The Kier molecular flexibility index (Phi) is 6.82. The Balaban J connectivity index is 1.45. The number of amides is 4. The average molecular weight is 466 g/mol. The first kappa shape index (κ1) is 24.0. The Morgan fingerprint density at radius 2 is 1.82 bits per heavy atom. The van der Waals surface area contributed by atoms with Crippen LogP contribution in [0.5, 0.6) is 0 Å². The second-order valence-corrected chi connectivity index (χ2v) is 10.3. The van der Waals surface area contributed by atoms with E-state index in [0.717, 1.165) is 29.7 Å². The van der Waals surface area contributed by atoms with Gasteiger partial charge in [-0.3, -0.25) is 14.5 Å². The molecule has 2 aliphatic rings. The Hall–Kier alpha value is -3.09. The van der Waals surface area contributed by atoms with Crippen molar-refractivity contribution in [2.24, 2.45) is 11.3 Å². The summed E-state index contributed by atoms with van der Waals surface area (Å²) in [6.07, 6.45) is 5.68. The number of carbonyl (C=O) groups excluding carboxylic acids is 3. The monoisotopic (exact) mass is 465 g/mol. The van der Waals surface area contributed by atoms with Gasteiger partial charge in [0.15, 0.2) is 0 Å². The summed E-state index contributed by atoms with van der Waals surface area (Å²) in [6.45, 7) is 7.10. The highest BCUT2D eigenvalue weighted by atomic mass is 16.3. The zero-order valence-electron chi connectivity index (χ0n) is 20.4. The maximum absolute atomic E-state index is 13.4. The molecule has 1 aromatic carbocycles. The van der Waals surface area contributed by atoms with Gasteiger partial charge in [-0.05, 0) is 54.7 Å². The highest BCUT2D eigenvalue weighted by Gasteiger charge is 2.53. The van der Waals surface area contributed by atoms with Crippen molar-refractivity contribution in [2.75, 3.05) is 6.54 Å². The van der Waals surface area contributed by atoms with Crippen LogP contribution in [-0.4, -0.2) is 39.7 Å². The molecule has 4 rings (SSSR count). The van der Waals surface area contributed by atoms with E-state index in [1.165, 1.54) is 0 Å².